The lowest BCUT2D eigenvalue weighted by Gasteiger charge is -2.27. The smallest absolute Gasteiger partial charge is 0.00251 e. The maximum absolute atomic E-state index is 3.63. The molecule has 1 unspecified atom stereocenters. The Morgan fingerprint density at radius 2 is 1.35 bits per heavy atom. The van der Waals surface area contributed by atoms with Crippen molar-refractivity contribution in [3.8, 4) is 0 Å². The summed E-state index contributed by atoms with van der Waals surface area (Å²) < 4.78 is 0. The molecule has 0 aliphatic rings. The van der Waals surface area contributed by atoms with Crippen LogP contribution in [0.4, 0.5) is 0 Å². The molecule has 1 rings (SSSR count). The van der Waals surface area contributed by atoms with Gasteiger partial charge in [0.2, 0.25) is 0 Å². The predicted octanol–water partition coefficient (Wildman–Crippen LogP) is 5.33. The minimum Gasteiger partial charge on any atom is -0.314 e. The van der Waals surface area contributed by atoms with E-state index in [-0.39, 0.29) is 0 Å². The molecule has 1 aromatic carbocycles. The second-order valence-electron chi connectivity index (χ2n) is 6.57. The first-order chi connectivity index (χ1) is 9.49. The SMILES string of the molecule is CCC(CC)C(CNC(C)C)c1ccc(C(C)C)cc1. The van der Waals surface area contributed by atoms with Gasteiger partial charge < -0.3 is 5.32 Å². The Bertz CT molecular complexity index is 360. The molecule has 20 heavy (non-hydrogen) atoms. The van der Waals surface area contributed by atoms with Crippen LogP contribution in [0.5, 0.6) is 0 Å². The van der Waals surface area contributed by atoms with E-state index < -0.39 is 0 Å². The van der Waals surface area contributed by atoms with Crippen LogP contribution >= 0.6 is 0 Å². The van der Waals surface area contributed by atoms with E-state index in [9.17, 15) is 0 Å². The van der Waals surface area contributed by atoms with Crippen LogP contribution in [0, 0.1) is 5.92 Å². The van der Waals surface area contributed by atoms with E-state index in [0.29, 0.717) is 17.9 Å². The number of rotatable bonds is 8. The van der Waals surface area contributed by atoms with Crippen molar-refractivity contribution in [3.63, 3.8) is 0 Å². The molecule has 114 valence electrons. The predicted molar refractivity (Wildman–Crippen MR) is 90.5 cm³/mol. The summed E-state index contributed by atoms with van der Waals surface area (Å²) in [5, 5.41) is 3.63. The van der Waals surface area contributed by atoms with Gasteiger partial charge in [-0.25, -0.2) is 0 Å². The average Bonchev–Trinajstić information content (AvgIpc) is 2.43. The highest BCUT2D eigenvalue weighted by atomic mass is 14.9. The molecule has 0 amide bonds. The van der Waals surface area contributed by atoms with E-state index in [4.69, 9.17) is 0 Å². The van der Waals surface area contributed by atoms with Gasteiger partial charge in [-0.15, -0.1) is 0 Å². The third kappa shape index (κ3) is 4.94. The lowest BCUT2D eigenvalue weighted by Crippen LogP contribution is -2.31. The minimum absolute atomic E-state index is 0.557. The van der Waals surface area contributed by atoms with Crippen LogP contribution in [0.15, 0.2) is 24.3 Å². The molecule has 1 heteroatoms. The van der Waals surface area contributed by atoms with Crippen molar-refractivity contribution in [2.24, 2.45) is 5.92 Å². The van der Waals surface area contributed by atoms with Gasteiger partial charge in [-0.1, -0.05) is 78.6 Å². The van der Waals surface area contributed by atoms with Crippen molar-refractivity contribution in [2.45, 2.75) is 72.3 Å². The summed E-state index contributed by atoms with van der Waals surface area (Å²) >= 11 is 0. The molecule has 0 spiro atoms. The molecule has 1 N–H and O–H groups in total. The zero-order chi connectivity index (χ0) is 15.1. The Morgan fingerprint density at radius 1 is 0.850 bits per heavy atom. The Kier molecular flexibility index (Phi) is 7.29. The number of hydrogen-bond donors (Lipinski definition) is 1. The summed E-state index contributed by atoms with van der Waals surface area (Å²) in [5.41, 5.74) is 2.94. The molecule has 0 radical (unpaired) electrons. The van der Waals surface area contributed by atoms with Gasteiger partial charge in [-0.3, -0.25) is 0 Å². The fraction of sp³-hybridized carbons (Fsp3) is 0.684. The number of benzene rings is 1. The topological polar surface area (TPSA) is 12.0 Å². The molecule has 0 saturated heterocycles. The van der Waals surface area contributed by atoms with Crippen molar-refractivity contribution in [1.82, 2.24) is 5.32 Å². The number of hydrogen-bond acceptors (Lipinski definition) is 1. The van der Waals surface area contributed by atoms with E-state index in [1.54, 1.807) is 0 Å². The quantitative estimate of drug-likeness (QED) is 0.676. The standard InChI is InChI=1S/C19H33N/c1-7-16(8-2)19(13-20-15(5)6)18-11-9-17(10-12-18)14(3)4/h9-12,14-16,19-20H,7-8,13H2,1-6H3. The third-order valence-corrected chi connectivity index (χ3v) is 4.40. The highest BCUT2D eigenvalue weighted by molar-refractivity contribution is 5.28. The Labute approximate surface area is 126 Å². The highest BCUT2D eigenvalue weighted by Crippen LogP contribution is 2.30. The van der Waals surface area contributed by atoms with E-state index in [0.717, 1.165) is 12.5 Å². The third-order valence-electron chi connectivity index (χ3n) is 4.40. The van der Waals surface area contributed by atoms with Crippen LogP contribution in [0.2, 0.25) is 0 Å². The van der Waals surface area contributed by atoms with Crippen LogP contribution in [-0.2, 0) is 0 Å². The summed E-state index contributed by atoms with van der Waals surface area (Å²) in [4.78, 5) is 0. The molecule has 0 heterocycles. The van der Waals surface area contributed by atoms with Gasteiger partial charge in [-0.05, 0) is 28.9 Å². The lowest BCUT2D eigenvalue weighted by molar-refractivity contribution is 0.370. The molecule has 0 aliphatic carbocycles. The van der Waals surface area contributed by atoms with Crippen LogP contribution in [0.25, 0.3) is 0 Å². The molecular formula is C19H33N. The van der Waals surface area contributed by atoms with Gasteiger partial charge in [0.05, 0.1) is 0 Å². The Balaban J connectivity index is 2.90. The van der Waals surface area contributed by atoms with Gasteiger partial charge in [0.25, 0.3) is 0 Å². The van der Waals surface area contributed by atoms with Gasteiger partial charge >= 0.3 is 0 Å². The van der Waals surface area contributed by atoms with Crippen LogP contribution in [-0.4, -0.2) is 12.6 Å². The van der Waals surface area contributed by atoms with Crippen LogP contribution in [0.3, 0.4) is 0 Å². The van der Waals surface area contributed by atoms with Gasteiger partial charge in [0.1, 0.15) is 0 Å². The normalized spacial score (nSPS) is 13.4. The number of nitrogens with one attached hydrogen (secondary N) is 1. The first-order valence-corrected chi connectivity index (χ1v) is 8.32. The van der Waals surface area contributed by atoms with E-state index in [1.165, 1.54) is 24.0 Å². The van der Waals surface area contributed by atoms with E-state index >= 15 is 0 Å². The Morgan fingerprint density at radius 3 is 1.75 bits per heavy atom. The summed E-state index contributed by atoms with van der Waals surface area (Å²) in [6.07, 6.45) is 2.51. The monoisotopic (exact) mass is 275 g/mol. The van der Waals surface area contributed by atoms with E-state index in [1.807, 2.05) is 0 Å². The van der Waals surface area contributed by atoms with Gasteiger partial charge in [-0.2, -0.15) is 0 Å². The van der Waals surface area contributed by atoms with Gasteiger partial charge in [0, 0.05) is 12.6 Å². The van der Waals surface area contributed by atoms with Crippen molar-refractivity contribution in [2.75, 3.05) is 6.54 Å². The summed E-state index contributed by atoms with van der Waals surface area (Å²) in [5.74, 6) is 2.02. The van der Waals surface area contributed by atoms with Crippen molar-refractivity contribution in [1.29, 1.82) is 0 Å². The molecule has 0 bridgehead atoms. The fourth-order valence-electron chi connectivity index (χ4n) is 2.91. The molecule has 1 nitrogen and oxygen atoms in total. The molecule has 1 atom stereocenters. The van der Waals surface area contributed by atoms with Gasteiger partial charge in [0.15, 0.2) is 0 Å². The molecular weight excluding hydrogens is 242 g/mol. The van der Waals surface area contributed by atoms with Crippen LogP contribution in [0.1, 0.15) is 77.3 Å². The minimum atomic E-state index is 0.557. The summed E-state index contributed by atoms with van der Waals surface area (Å²) in [7, 11) is 0. The first kappa shape index (κ1) is 17.2. The highest BCUT2D eigenvalue weighted by Gasteiger charge is 2.20. The van der Waals surface area contributed by atoms with Crippen molar-refractivity contribution in [3.05, 3.63) is 35.4 Å². The molecule has 0 saturated carbocycles. The largest absolute Gasteiger partial charge is 0.314 e. The average molecular weight is 275 g/mol. The van der Waals surface area contributed by atoms with Crippen molar-refractivity contribution >= 4 is 0 Å². The summed E-state index contributed by atoms with van der Waals surface area (Å²) in [6.45, 7) is 14.7. The van der Waals surface area contributed by atoms with Crippen molar-refractivity contribution < 1.29 is 0 Å². The zero-order valence-corrected chi connectivity index (χ0v) is 14.2. The Hall–Kier alpha value is -0.820. The molecule has 0 aromatic heterocycles. The fourth-order valence-corrected chi connectivity index (χ4v) is 2.91. The second-order valence-corrected chi connectivity index (χ2v) is 6.57. The zero-order valence-electron chi connectivity index (χ0n) is 14.2. The first-order valence-electron chi connectivity index (χ1n) is 8.32. The maximum Gasteiger partial charge on any atom is 0.00251 e. The molecule has 0 aliphatic heterocycles. The van der Waals surface area contributed by atoms with Crippen LogP contribution < -0.4 is 5.32 Å². The lowest BCUT2D eigenvalue weighted by atomic mass is 9.82. The van der Waals surface area contributed by atoms with E-state index in [2.05, 4.69) is 71.1 Å². The molecule has 0 fully saturated rings. The maximum atomic E-state index is 3.63. The molecule has 1 aromatic rings. The summed E-state index contributed by atoms with van der Waals surface area (Å²) in [6, 6.07) is 9.87. The second kappa shape index (κ2) is 8.46.